The normalized spacial score (nSPS) is 12.4. The molecule has 0 spiro atoms. The summed E-state index contributed by atoms with van der Waals surface area (Å²) in [5, 5.41) is 0. The molecule has 0 fully saturated rings. The lowest BCUT2D eigenvalue weighted by molar-refractivity contribution is -0.158. The van der Waals surface area contributed by atoms with Gasteiger partial charge in [-0.25, -0.2) is 0 Å². The molecule has 0 aliphatic heterocycles. The van der Waals surface area contributed by atoms with Crippen LogP contribution in [0, 0.1) is 0 Å². The van der Waals surface area contributed by atoms with Gasteiger partial charge in [-0.15, -0.1) is 0 Å². The van der Waals surface area contributed by atoms with E-state index < -0.39 is 0 Å². The molecule has 0 aromatic heterocycles. The fraction of sp³-hybridized carbons (Fsp3) is 0.714. The van der Waals surface area contributed by atoms with Crippen molar-refractivity contribution >= 4 is 11.9 Å². The number of rotatable bonds is 9. The first-order valence-electron chi connectivity index (χ1n) is 6.56. The summed E-state index contributed by atoms with van der Waals surface area (Å²) in [6.07, 6.45) is 6.69. The van der Waals surface area contributed by atoms with E-state index >= 15 is 0 Å². The van der Waals surface area contributed by atoms with Crippen molar-refractivity contribution in [3.8, 4) is 0 Å². The molecule has 4 heteroatoms. The second kappa shape index (κ2) is 10.8. The minimum Gasteiger partial charge on any atom is -0.462 e. The highest BCUT2D eigenvalue weighted by Gasteiger charge is 2.11. The average molecular weight is 256 g/mol. The second-order valence-electron chi connectivity index (χ2n) is 4.19. The summed E-state index contributed by atoms with van der Waals surface area (Å²) in [5.41, 5.74) is 0. The molecule has 0 saturated heterocycles. The second-order valence-corrected chi connectivity index (χ2v) is 4.19. The predicted molar refractivity (Wildman–Crippen MR) is 70.1 cm³/mol. The van der Waals surface area contributed by atoms with E-state index in [1.165, 1.54) is 0 Å². The summed E-state index contributed by atoms with van der Waals surface area (Å²) in [5.74, 6) is -0.487. The molecule has 0 rings (SSSR count). The Morgan fingerprint density at radius 2 is 1.94 bits per heavy atom. The van der Waals surface area contributed by atoms with Crippen LogP contribution in [0.15, 0.2) is 12.2 Å². The van der Waals surface area contributed by atoms with Gasteiger partial charge in [0.05, 0.1) is 0 Å². The van der Waals surface area contributed by atoms with Gasteiger partial charge in [0.1, 0.15) is 12.7 Å². The third-order valence-electron chi connectivity index (χ3n) is 2.30. The van der Waals surface area contributed by atoms with Gasteiger partial charge in [0.2, 0.25) is 0 Å². The molecular weight excluding hydrogens is 232 g/mol. The van der Waals surface area contributed by atoms with E-state index in [2.05, 4.69) is 0 Å². The fourth-order valence-corrected chi connectivity index (χ4v) is 1.29. The first-order chi connectivity index (χ1) is 8.60. The molecule has 18 heavy (non-hydrogen) atoms. The summed E-state index contributed by atoms with van der Waals surface area (Å²) in [6.45, 7) is 5.78. The number of allylic oxidation sites excluding steroid dienone is 2. The number of carbonyl (C=O) groups excluding carboxylic acids is 2. The van der Waals surface area contributed by atoms with Crippen molar-refractivity contribution in [2.75, 3.05) is 6.61 Å². The summed E-state index contributed by atoms with van der Waals surface area (Å²) in [4.78, 5) is 22.6. The zero-order valence-electron chi connectivity index (χ0n) is 11.6. The third-order valence-corrected chi connectivity index (χ3v) is 2.30. The maximum absolute atomic E-state index is 11.3. The highest BCUT2D eigenvalue weighted by atomic mass is 16.6. The monoisotopic (exact) mass is 256 g/mol. The predicted octanol–water partition coefficient (Wildman–Crippen LogP) is 3.01. The summed E-state index contributed by atoms with van der Waals surface area (Å²) in [6, 6.07) is 0. The minimum atomic E-state index is -0.381. The van der Waals surface area contributed by atoms with Crippen LogP contribution < -0.4 is 0 Å². The first kappa shape index (κ1) is 16.7. The lowest BCUT2D eigenvalue weighted by Gasteiger charge is -2.13. The van der Waals surface area contributed by atoms with Crippen molar-refractivity contribution in [3.63, 3.8) is 0 Å². The number of unbranched alkanes of at least 4 members (excludes halogenated alkanes) is 1. The molecule has 4 nitrogen and oxygen atoms in total. The molecular formula is C14H24O4. The van der Waals surface area contributed by atoms with Crippen molar-refractivity contribution in [2.45, 2.75) is 59.0 Å². The molecule has 0 amide bonds. The van der Waals surface area contributed by atoms with Crippen molar-refractivity contribution < 1.29 is 19.1 Å². The maximum atomic E-state index is 11.3. The fourth-order valence-electron chi connectivity index (χ4n) is 1.29. The van der Waals surface area contributed by atoms with Crippen molar-refractivity contribution in [3.05, 3.63) is 12.2 Å². The number of ether oxygens (including phenoxy) is 2. The molecule has 0 N–H and O–H groups in total. The third kappa shape index (κ3) is 9.87. The minimum absolute atomic E-state index is 0.137. The van der Waals surface area contributed by atoms with E-state index in [4.69, 9.17) is 9.47 Å². The quantitative estimate of drug-likeness (QED) is 0.470. The van der Waals surface area contributed by atoms with Crippen LogP contribution in [0.3, 0.4) is 0 Å². The highest BCUT2D eigenvalue weighted by Crippen LogP contribution is 2.02. The van der Waals surface area contributed by atoms with Crippen molar-refractivity contribution in [2.24, 2.45) is 0 Å². The van der Waals surface area contributed by atoms with E-state index in [1.807, 2.05) is 26.0 Å². The van der Waals surface area contributed by atoms with E-state index in [1.54, 1.807) is 6.92 Å². The lowest BCUT2D eigenvalue weighted by atomic mass is 10.2. The smallest absolute Gasteiger partial charge is 0.306 e. The van der Waals surface area contributed by atoms with Crippen LogP contribution in [-0.4, -0.2) is 24.6 Å². The molecule has 0 aliphatic carbocycles. The molecule has 104 valence electrons. The number of hydrogen-bond acceptors (Lipinski definition) is 4. The molecule has 0 bridgehead atoms. The summed E-state index contributed by atoms with van der Waals surface area (Å²) < 4.78 is 10.1. The number of carbonyl (C=O) groups is 2. The van der Waals surface area contributed by atoms with Crippen LogP contribution in [0.2, 0.25) is 0 Å². The van der Waals surface area contributed by atoms with Gasteiger partial charge in [-0.3, -0.25) is 9.59 Å². The standard InChI is InChI=1S/C14H24O4/c1-4-6-8-10-14(16)18-12(3)11-17-13(15)9-7-5-2/h4,6,12H,5,7-11H2,1-3H3/b6-4+/t12-/m0/s1. The van der Waals surface area contributed by atoms with E-state index in [-0.39, 0.29) is 24.6 Å². The Kier molecular flexibility index (Phi) is 10.0. The van der Waals surface area contributed by atoms with Crippen LogP contribution in [-0.2, 0) is 19.1 Å². The van der Waals surface area contributed by atoms with Gasteiger partial charge in [-0.2, -0.15) is 0 Å². The topological polar surface area (TPSA) is 52.6 Å². The molecule has 0 radical (unpaired) electrons. The van der Waals surface area contributed by atoms with E-state index in [9.17, 15) is 9.59 Å². The Labute approximate surface area is 109 Å². The van der Waals surface area contributed by atoms with Crippen LogP contribution in [0.5, 0.6) is 0 Å². The summed E-state index contributed by atoms with van der Waals surface area (Å²) >= 11 is 0. The van der Waals surface area contributed by atoms with Crippen LogP contribution >= 0.6 is 0 Å². The molecule has 0 heterocycles. The van der Waals surface area contributed by atoms with Gasteiger partial charge in [-0.05, 0) is 26.7 Å². The van der Waals surface area contributed by atoms with Crippen molar-refractivity contribution in [1.82, 2.24) is 0 Å². The van der Waals surface area contributed by atoms with Gasteiger partial charge in [0.25, 0.3) is 0 Å². The van der Waals surface area contributed by atoms with Crippen LogP contribution in [0.1, 0.15) is 52.9 Å². The summed E-state index contributed by atoms with van der Waals surface area (Å²) in [7, 11) is 0. The Bertz CT molecular complexity index is 271. The Morgan fingerprint density at radius 1 is 1.22 bits per heavy atom. The van der Waals surface area contributed by atoms with Gasteiger partial charge < -0.3 is 9.47 Å². The largest absolute Gasteiger partial charge is 0.462 e. The lowest BCUT2D eigenvalue weighted by Crippen LogP contribution is -2.22. The van der Waals surface area contributed by atoms with Gasteiger partial charge in [0, 0.05) is 12.8 Å². The molecule has 0 unspecified atom stereocenters. The van der Waals surface area contributed by atoms with Gasteiger partial charge >= 0.3 is 11.9 Å². The van der Waals surface area contributed by atoms with E-state index in [0.29, 0.717) is 19.3 Å². The van der Waals surface area contributed by atoms with Crippen LogP contribution in [0.4, 0.5) is 0 Å². The molecule has 0 saturated carbocycles. The van der Waals surface area contributed by atoms with Crippen molar-refractivity contribution in [1.29, 1.82) is 0 Å². The van der Waals surface area contributed by atoms with Gasteiger partial charge in [-0.1, -0.05) is 25.5 Å². The Morgan fingerprint density at radius 3 is 2.56 bits per heavy atom. The first-order valence-corrected chi connectivity index (χ1v) is 6.56. The zero-order valence-corrected chi connectivity index (χ0v) is 11.6. The Hall–Kier alpha value is -1.32. The molecule has 0 aromatic carbocycles. The zero-order chi connectivity index (χ0) is 13.8. The van der Waals surface area contributed by atoms with Gasteiger partial charge in [0.15, 0.2) is 0 Å². The Balaban J connectivity index is 3.66. The number of hydrogen-bond donors (Lipinski definition) is 0. The average Bonchev–Trinajstić information content (AvgIpc) is 2.34. The maximum Gasteiger partial charge on any atom is 0.306 e. The molecule has 0 aromatic rings. The van der Waals surface area contributed by atoms with Crippen LogP contribution in [0.25, 0.3) is 0 Å². The number of esters is 2. The SMILES string of the molecule is C/C=C/CCC(=O)O[C@@H](C)COC(=O)CCCC. The molecule has 0 aliphatic rings. The highest BCUT2D eigenvalue weighted by molar-refractivity contribution is 5.70. The van der Waals surface area contributed by atoms with E-state index in [0.717, 1.165) is 12.8 Å². The molecule has 1 atom stereocenters.